The summed E-state index contributed by atoms with van der Waals surface area (Å²) in [6.07, 6.45) is 2.13. The molecule has 0 aliphatic carbocycles. The Kier molecular flexibility index (Phi) is 6.56. The highest BCUT2D eigenvalue weighted by Crippen LogP contribution is 2.22. The largest absolute Gasteiger partial charge is 0.445 e. The Hall–Kier alpha value is -1.22. The van der Waals surface area contributed by atoms with Crippen molar-refractivity contribution in [1.82, 2.24) is 0 Å². The molecule has 0 bridgehead atoms. The monoisotopic (exact) mass is 318 g/mol. The number of hydrogen-bond acceptors (Lipinski definition) is 6. The van der Waals surface area contributed by atoms with Gasteiger partial charge in [-0.15, -0.1) is 0 Å². The molecule has 4 atom stereocenters. The molecule has 8 heteroatoms. The maximum Gasteiger partial charge on any atom is 0.323 e. The molecule has 0 amide bonds. The topological polar surface area (TPSA) is 61.4 Å². The van der Waals surface area contributed by atoms with Gasteiger partial charge in [-0.3, -0.25) is 0 Å². The van der Waals surface area contributed by atoms with Gasteiger partial charge in [0.1, 0.15) is 53.6 Å². The summed E-state index contributed by atoms with van der Waals surface area (Å²) >= 11 is 0. The number of fused-ring (bicyclic) bond motifs is 1. The van der Waals surface area contributed by atoms with Crippen molar-refractivity contribution in [2.75, 3.05) is 54.6 Å². The van der Waals surface area contributed by atoms with Crippen LogP contribution in [0.2, 0.25) is 0 Å². The van der Waals surface area contributed by atoms with Crippen LogP contribution < -0.4 is 0 Å². The fourth-order valence-corrected chi connectivity index (χ4v) is 2.06. The predicted molar refractivity (Wildman–Crippen MR) is 77.5 cm³/mol. The third-order valence-electron chi connectivity index (χ3n) is 3.00. The van der Waals surface area contributed by atoms with E-state index in [0.29, 0.717) is 26.4 Å². The summed E-state index contributed by atoms with van der Waals surface area (Å²) < 4.78 is 37.1. The number of nitrogens with zero attached hydrogens (tertiary/aromatic N) is 2. The van der Waals surface area contributed by atoms with Gasteiger partial charge in [-0.25, -0.2) is 9.15 Å². The third-order valence-corrected chi connectivity index (χ3v) is 3.00. The first-order valence-corrected chi connectivity index (χ1v) is 7.31. The van der Waals surface area contributed by atoms with Crippen molar-refractivity contribution >= 4 is 12.8 Å². The summed E-state index contributed by atoms with van der Waals surface area (Å²) in [6, 6.07) is 0. The molecule has 0 radical (unpaired) electrons. The van der Waals surface area contributed by atoms with Crippen molar-refractivity contribution in [3.8, 4) is 0 Å². The Labute approximate surface area is 130 Å². The van der Waals surface area contributed by atoms with Crippen molar-refractivity contribution in [2.24, 2.45) is 0 Å². The van der Waals surface area contributed by atoms with Crippen LogP contribution in [0.15, 0.2) is 0 Å². The average Bonchev–Trinajstić information content (AvgIpc) is 2.46. The van der Waals surface area contributed by atoms with Gasteiger partial charge in [0.25, 0.3) is 0 Å². The minimum Gasteiger partial charge on any atom is -0.445 e. The highest BCUT2D eigenvalue weighted by Gasteiger charge is 2.39. The second kappa shape index (κ2) is 8.42. The quantitative estimate of drug-likeness (QED) is 0.359. The summed E-state index contributed by atoms with van der Waals surface area (Å²) in [5.41, 5.74) is 0. The van der Waals surface area contributed by atoms with Gasteiger partial charge in [-0.2, -0.15) is 0 Å². The van der Waals surface area contributed by atoms with Gasteiger partial charge in [0.2, 0.25) is 0 Å². The zero-order valence-corrected chi connectivity index (χ0v) is 13.6. The number of hydrogen-bond donors (Lipinski definition) is 0. The van der Waals surface area contributed by atoms with Gasteiger partial charge in [0.15, 0.2) is 12.6 Å². The van der Waals surface area contributed by atoms with Gasteiger partial charge in [-0.1, -0.05) is 0 Å². The van der Waals surface area contributed by atoms with Crippen LogP contribution in [0.3, 0.4) is 0 Å². The minimum absolute atomic E-state index is 0.143. The van der Waals surface area contributed by atoms with Gasteiger partial charge >= 0.3 is 12.8 Å². The molecule has 2 aliphatic heterocycles. The molecule has 2 aliphatic rings. The van der Waals surface area contributed by atoms with Crippen LogP contribution in [-0.2, 0) is 28.4 Å². The third kappa shape index (κ3) is 5.53. The van der Waals surface area contributed by atoms with Crippen LogP contribution in [0.4, 0.5) is 0 Å². The summed E-state index contributed by atoms with van der Waals surface area (Å²) in [5.74, 6) is 0. The minimum atomic E-state index is -0.403. The van der Waals surface area contributed by atoms with E-state index in [4.69, 9.17) is 28.4 Å². The van der Waals surface area contributed by atoms with E-state index in [9.17, 15) is 0 Å². The average molecular weight is 318 g/mol. The molecule has 0 unspecified atom stereocenters. The maximum atomic E-state index is 5.77. The molecule has 126 valence electrons. The lowest BCUT2D eigenvalue weighted by atomic mass is 10.2. The molecule has 8 nitrogen and oxygen atoms in total. The second-order valence-corrected chi connectivity index (χ2v) is 5.68. The molecule has 0 spiro atoms. The fraction of sp³-hybridized carbons (Fsp3) is 0.857. The van der Waals surface area contributed by atoms with Crippen molar-refractivity contribution in [3.05, 3.63) is 0 Å². The predicted octanol–water partition coefficient (Wildman–Crippen LogP) is -0.897. The lowest BCUT2D eigenvalue weighted by Gasteiger charge is -2.41. The van der Waals surface area contributed by atoms with E-state index in [-0.39, 0.29) is 12.2 Å². The first-order chi connectivity index (χ1) is 10.5. The Morgan fingerprint density at radius 2 is 1.23 bits per heavy atom. The molecule has 2 rings (SSSR count). The van der Waals surface area contributed by atoms with Gasteiger partial charge < -0.3 is 28.4 Å². The zero-order valence-electron chi connectivity index (χ0n) is 13.6. The summed E-state index contributed by atoms with van der Waals surface area (Å²) in [5, 5.41) is 0. The lowest BCUT2D eigenvalue weighted by molar-refractivity contribution is -0.469. The second-order valence-electron chi connectivity index (χ2n) is 5.68. The van der Waals surface area contributed by atoms with E-state index in [0.717, 1.165) is 0 Å². The van der Waals surface area contributed by atoms with Crippen molar-refractivity contribution in [2.45, 2.75) is 24.8 Å². The van der Waals surface area contributed by atoms with E-state index >= 15 is 0 Å². The normalized spacial score (nSPS) is 30.9. The summed E-state index contributed by atoms with van der Waals surface area (Å²) in [7, 11) is 7.55. The van der Waals surface area contributed by atoms with Crippen molar-refractivity contribution in [1.29, 1.82) is 0 Å². The molecule has 2 heterocycles. The number of ether oxygens (including phenoxy) is 6. The van der Waals surface area contributed by atoms with E-state index < -0.39 is 12.6 Å². The van der Waals surface area contributed by atoms with E-state index in [1.165, 1.54) is 0 Å². The van der Waals surface area contributed by atoms with Gasteiger partial charge in [0.05, 0.1) is 13.2 Å². The molecule has 22 heavy (non-hydrogen) atoms. The molecule has 2 saturated heterocycles. The standard InChI is InChI=1S/C14H26N2O6/c1-15(2)9-17-7-13-19-5-12-11(21-13)6-20-14(22-12)8-18-10-16(3)4/h9-14H,5-8H2,1-4H3/q+2/t11-,12-,13+,14+/m0/s1. The van der Waals surface area contributed by atoms with E-state index in [1.807, 2.05) is 37.3 Å². The molecule has 0 aromatic carbocycles. The lowest BCUT2D eigenvalue weighted by Crippen LogP contribution is -2.54. The van der Waals surface area contributed by atoms with Gasteiger partial charge in [0, 0.05) is 0 Å². The van der Waals surface area contributed by atoms with Crippen molar-refractivity contribution < 1.29 is 37.6 Å². The molecular formula is C14H26N2O6+2. The molecule has 0 saturated carbocycles. The number of rotatable bonds is 6. The first-order valence-electron chi connectivity index (χ1n) is 7.31. The molecule has 0 N–H and O–H groups in total. The van der Waals surface area contributed by atoms with Crippen LogP contribution in [0.1, 0.15) is 0 Å². The Morgan fingerprint density at radius 1 is 0.818 bits per heavy atom. The van der Waals surface area contributed by atoms with Crippen molar-refractivity contribution in [3.63, 3.8) is 0 Å². The van der Waals surface area contributed by atoms with Crippen LogP contribution in [0.25, 0.3) is 0 Å². The Morgan fingerprint density at radius 3 is 1.59 bits per heavy atom. The molecule has 0 aromatic heterocycles. The van der Waals surface area contributed by atoms with Crippen LogP contribution in [-0.4, -0.2) is 101 Å². The fourth-order valence-electron chi connectivity index (χ4n) is 2.06. The highest BCUT2D eigenvalue weighted by atomic mass is 16.8. The first kappa shape index (κ1) is 17.1. The van der Waals surface area contributed by atoms with Gasteiger partial charge in [-0.05, 0) is 0 Å². The SMILES string of the molecule is C[N+](C)=COC[C@@H]1OC[C@@H]2O[C@H](COC=[N+](C)C)OC[C@@H]2O1. The van der Waals surface area contributed by atoms with E-state index in [2.05, 4.69) is 0 Å². The molecule has 0 aromatic rings. The Bertz CT molecular complexity index is 368. The van der Waals surface area contributed by atoms with E-state index in [1.54, 1.807) is 12.8 Å². The Balaban J connectivity index is 1.71. The smallest absolute Gasteiger partial charge is 0.323 e. The van der Waals surface area contributed by atoms with Crippen LogP contribution >= 0.6 is 0 Å². The maximum absolute atomic E-state index is 5.77. The highest BCUT2D eigenvalue weighted by molar-refractivity contribution is 5.39. The summed E-state index contributed by atoms with van der Waals surface area (Å²) in [4.78, 5) is 0. The molecular weight excluding hydrogens is 292 g/mol. The summed E-state index contributed by atoms with van der Waals surface area (Å²) in [6.45, 7) is 1.59. The molecule has 2 fully saturated rings. The van der Waals surface area contributed by atoms with Crippen LogP contribution in [0, 0.1) is 0 Å². The van der Waals surface area contributed by atoms with Crippen LogP contribution in [0.5, 0.6) is 0 Å². The zero-order chi connectivity index (χ0) is 15.9.